The van der Waals surface area contributed by atoms with Gasteiger partial charge in [0, 0.05) is 47.1 Å². The Morgan fingerprint density at radius 1 is 1.47 bits per heavy atom. The van der Waals surface area contributed by atoms with Crippen molar-refractivity contribution < 1.29 is 4.79 Å². The molecule has 1 fully saturated rings. The van der Waals surface area contributed by atoms with Crippen LogP contribution in [0.3, 0.4) is 0 Å². The molecule has 0 amide bonds. The maximum absolute atomic E-state index is 12.1. The van der Waals surface area contributed by atoms with Crippen LogP contribution in [0.2, 0.25) is 5.02 Å². The molecule has 1 heterocycles. The predicted octanol–water partition coefficient (Wildman–Crippen LogP) is 3.74. The number of hydrogen-bond donors (Lipinski definition) is 0. The number of benzene rings is 1. The van der Waals surface area contributed by atoms with Crippen molar-refractivity contribution in [1.29, 1.82) is 0 Å². The largest absolute Gasteiger partial charge is 0.301 e. The van der Waals surface area contributed by atoms with Crippen LogP contribution in [0.25, 0.3) is 0 Å². The lowest BCUT2D eigenvalue weighted by Gasteiger charge is -2.37. The van der Waals surface area contributed by atoms with E-state index in [2.05, 4.69) is 18.7 Å². The van der Waals surface area contributed by atoms with Crippen molar-refractivity contribution in [1.82, 2.24) is 4.90 Å². The van der Waals surface area contributed by atoms with Gasteiger partial charge in [0.2, 0.25) is 0 Å². The number of carbonyl (C=O) groups is 1. The van der Waals surface area contributed by atoms with Crippen LogP contribution in [-0.2, 0) is 0 Å². The number of carbonyl (C=O) groups excluding carboxylic acids is 1. The summed E-state index contributed by atoms with van der Waals surface area (Å²) in [5.41, 5.74) is 0.721. The molecule has 1 aliphatic rings. The minimum absolute atomic E-state index is 0.179. The molecule has 1 saturated heterocycles. The Morgan fingerprint density at radius 3 is 2.95 bits per heavy atom. The molecule has 0 aliphatic carbocycles. The van der Waals surface area contributed by atoms with E-state index < -0.39 is 0 Å². The van der Waals surface area contributed by atoms with Gasteiger partial charge in [0.1, 0.15) is 0 Å². The first-order valence-electron chi connectivity index (χ1n) is 6.61. The number of ketones is 1. The molecule has 0 unspecified atom stereocenters. The van der Waals surface area contributed by atoms with Crippen molar-refractivity contribution >= 4 is 29.1 Å². The van der Waals surface area contributed by atoms with E-state index in [0.29, 0.717) is 16.2 Å². The van der Waals surface area contributed by atoms with Crippen molar-refractivity contribution in [3.05, 3.63) is 34.9 Å². The first-order chi connectivity index (χ1) is 8.96. The van der Waals surface area contributed by atoms with Gasteiger partial charge in [-0.15, -0.1) is 0 Å². The SMILES string of the molecule is CC1(C)CN(CCC(=O)c2cccc(Cl)c2)CCS1. The van der Waals surface area contributed by atoms with Gasteiger partial charge in [-0.3, -0.25) is 4.79 Å². The van der Waals surface area contributed by atoms with E-state index in [1.165, 1.54) is 0 Å². The van der Waals surface area contributed by atoms with Gasteiger partial charge in [0.15, 0.2) is 5.78 Å². The molecule has 0 saturated carbocycles. The third-order valence-electron chi connectivity index (χ3n) is 3.31. The highest BCUT2D eigenvalue weighted by atomic mass is 35.5. The van der Waals surface area contributed by atoms with Crippen LogP contribution in [-0.4, -0.2) is 40.8 Å². The van der Waals surface area contributed by atoms with E-state index >= 15 is 0 Å². The minimum atomic E-state index is 0.179. The first-order valence-corrected chi connectivity index (χ1v) is 7.98. The number of nitrogens with zero attached hydrogens (tertiary/aromatic N) is 1. The van der Waals surface area contributed by atoms with Crippen LogP contribution in [0, 0.1) is 0 Å². The summed E-state index contributed by atoms with van der Waals surface area (Å²) in [7, 11) is 0. The number of thioether (sulfide) groups is 1. The number of halogens is 1. The summed E-state index contributed by atoms with van der Waals surface area (Å²) in [5.74, 6) is 1.33. The summed E-state index contributed by atoms with van der Waals surface area (Å²) in [4.78, 5) is 14.5. The maximum Gasteiger partial charge on any atom is 0.164 e. The molecule has 1 aromatic carbocycles. The third kappa shape index (κ3) is 4.51. The van der Waals surface area contributed by atoms with Gasteiger partial charge in [-0.05, 0) is 26.0 Å². The summed E-state index contributed by atoms with van der Waals surface area (Å²) in [6, 6.07) is 7.21. The predicted molar refractivity (Wildman–Crippen MR) is 83.4 cm³/mol. The lowest BCUT2D eigenvalue weighted by molar-refractivity contribution is 0.0962. The molecule has 0 radical (unpaired) electrons. The molecule has 19 heavy (non-hydrogen) atoms. The van der Waals surface area contributed by atoms with E-state index in [1.807, 2.05) is 23.9 Å². The van der Waals surface area contributed by atoms with E-state index in [9.17, 15) is 4.79 Å². The molecule has 4 heteroatoms. The lowest BCUT2D eigenvalue weighted by Crippen LogP contribution is -2.43. The van der Waals surface area contributed by atoms with Gasteiger partial charge in [0.25, 0.3) is 0 Å². The molecule has 0 bridgehead atoms. The molecule has 1 aromatic rings. The monoisotopic (exact) mass is 297 g/mol. The molecule has 1 aliphatic heterocycles. The number of Topliss-reactive ketones (excluding diaryl/α,β-unsaturated/α-hetero) is 1. The number of rotatable bonds is 4. The summed E-state index contributed by atoms with van der Waals surface area (Å²) in [6.07, 6.45) is 0.571. The third-order valence-corrected chi connectivity index (χ3v) is 4.84. The van der Waals surface area contributed by atoms with Crippen molar-refractivity contribution in [2.45, 2.75) is 25.0 Å². The van der Waals surface area contributed by atoms with Crippen LogP contribution in [0.1, 0.15) is 30.6 Å². The Hall–Kier alpha value is -0.510. The van der Waals surface area contributed by atoms with E-state index in [0.717, 1.165) is 31.0 Å². The Bertz CT molecular complexity index is 461. The zero-order chi connectivity index (χ0) is 13.9. The van der Waals surface area contributed by atoms with Crippen molar-refractivity contribution in [2.75, 3.05) is 25.4 Å². The average molecular weight is 298 g/mol. The number of hydrogen-bond acceptors (Lipinski definition) is 3. The summed E-state index contributed by atoms with van der Waals surface area (Å²) >= 11 is 7.92. The van der Waals surface area contributed by atoms with Crippen LogP contribution >= 0.6 is 23.4 Å². The first kappa shape index (κ1) is 14.9. The normalized spacial score (nSPS) is 19.3. The second-order valence-electron chi connectivity index (χ2n) is 5.57. The fraction of sp³-hybridized carbons (Fsp3) is 0.533. The molecule has 2 rings (SSSR count). The second kappa shape index (κ2) is 6.29. The van der Waals surface area contributed by atoms with E-state index in [4.69, 9.17) is 11.6 Å². The zero-order valence-corrected chi connectivity index (χ0v) is 13.1. The Morgan fingerprint density at radius 2 is 2.26 bits per heavy atom. The molecular formula is C15H20ClNOS. The Kier molecular flexibility index (Phi) is 4.93. The van der Waals surface area contributed by atoms with Gasteiger partial charge >= 0.3 is 0 Å². The molecule has 104 valence electrons. The Balaban J connectivity index is 1.87. The fourth-order valence-electron chi connectivity index (χ4n) is 2.37. The van der Waals surface area contributed by atoms with E-state index in [1.54, 1.807) is 12.1 Å². The summed E-state index contributed by atoms with van der Waals surface area (Å²) in [5, 5.41) is 0.626. The van der Waals surface area contributed by atoms with Crippen LogP contribution < -0.4 is 0 Å². The van der Waals surface area contributed by atoms with Crippen LogP contribution in [0.15, 0.2) is 24.3 Å². The summed E-state index contributed by atoms with van der Waals surface area (Å²) < 4.78 is 0.303. The highest BCUT2D eigenvalue weighted by Crippen LogP contribution is 2.29. The lowest BCUT2D eigenvalue weighted by atomic mass is 10.1. The van der Waals surface area contributed by atoms with Gasteiger partial charge < -0.3 is 4.90 Å². The van der Waals surface area contributed by atoms with Gasteiger partial charge in [-0.1, -0.05) is 23.7 Å². The standard InChI is InChI=1S/C15H20ClNOS/c1-15(2)11-17(8-9-19-15)7-6-14(18)12-4-3-5-13(16)10-12/h3-5,10H,6-9,11H2,1-2H3. The summed E-state index contributed by atoms with van der Waals surface area (Å²) in [6.45, 7) is 7.51. The maximum atomic E-state index is 12.1. The Labute approximate surface area is 124 Å². The minimum Gasteiger partial charge on any atom is -0.301 e. The molecule has 0 spiro atoms. The van der Waals surface area contributed by atoms with Gasteiger partial charge in [0.05, 0.1) is 0 Å². The molecule has 2 nitrogen and oxygen atoms in total. The molecule has 0 atom stereocenters. The second-order valence-corrected chi connectivity index (χ2v) is 7.81. The highest BCUT2D eigenvalue weighted by molar-refractivity contribution is 8.00. The van der Waals surface area contributed by atoms with Crippen molar-refractivity contribution in [3.63, 3.8) is 0 Å². The average Bonchev–Trinajstić information content (AvgIpc) is 2.35. The quantitative estimate of drug-likeness (QED) is 0.790. The van der Waals surface area contributed by atoms with Gasteiger partial charge in [-0.25, -0.2) is 0 Å². The van der Waals surface area contributed by atoms with Crippen LogP contribution in [0.4, 0.5) is 0 Å². The highest BCUT2D eigenvalue weighted by Gasteiger charge is 2.26. The zero-order valence-electron chi connectivity index (χ0n) is 11.5. The van der Waals surface area contributed by atoms with E-state index in [-0.39, 0.29) is 5.78 Å². The molecular weight excluding hydrogens is 278 g/mol. The van der Waals surface area contributed by atoms with Crippen molar-refractivity contribution in [3.8, 4) is 0 Å². The van der Waals surface area contributed by atoms with Crippen molar-refractivity contribution in [2.24, 2.45) is 0 Å². The fourth-order valence-corrected chi connectivity index (χ4v) is 3.74. The molecule has 0 aromatic heterocycles. The van der Waals surface area contributed by atoms with Gasteiger partial charge in [-0.2, -0.15) is 11.8 Å². The smallest absolute Gasteiger partial charge is 0.164 e. The molecule has 0 N–H and O–H groups in total. The topological polar surface area (TPSA) is 20.3 Å². The van der Waals surface area contributed by atoms with Crippen LogP contribution in [0.5, 0.6) is 0 Å².